The maximum absolute atomic E-state index is 12.7. The summed E-state index contributed by atoms with van der Waals surface area (Å²) >= 11 is 0. The fourth-order valence-corrected chi connectivity index (χ4v) is 4.87. The van der Waals surface area contributed by atoms with Gasteiger partial charge in [0.2, 0.25) is 10.0 Å². The van der Waals surface area contributed by atoms with Crippen LogP contribution < -0.4 is 5.32 Å². The Morgan fingerprint density at radius 1 is 0.966 bits per heavy atom. The Hall–Kier alpha value is -2.97. The Bertz CT molecular complexity index is 1090. The topological polar surface area (TPSA) is 92.5 Å². The number of nitrogens with one attached hydrogen (secondary N) is 1. The number of benzene rings is 2. The lowest BCUT2D eigenvalue weighted by Crippen LogP contribution is -2.35. The lowest BCUT2D eigenvalue weighted by Gasteiger charge is -2.25. The third-order valence-electron chi connectivity index (χ3n) is 4.88. The number of anilines is 1. The Labute approximate surface area is 169 Å². The van der Waals surface area contributed by atoms with Gasteiger partial charge in [0, 0.05) is 24.3 Å². The fourth-order valence-electron chi connectivity index (χ4n) is 3.36. The number of hydrogen-bond donors (Lipinski definition) is 1. The average Bonchev–Trinajstić information content (AvgIpc) is 3.26. The van der Waals surface area contributed by atoms with E-state index in [1.54, 1.807) is 12.1 Å². The lowest BCUT2D eigenvalue weighted by atomic mass is 10.1. The van der Waals surface area contributed by atoms with Crippen molar-refractivity contribution in [1.82, 2.24) is 9.29 Å². The summed E-state index contributed by atoms with van der Waals surface area (Å²) in [7, 11) is -3.50. The number of sulfonamides is 1. The molecule has 0 atom stereocenters. The highest BCUT2D eigenvalue weighted by atomic mass is 32.2. The Kier molecular flexibility index (Phi) is 5.46. The van der Waals surface area contributed by atoms with Crippen LogP contribution in [0.3, 0.4) is 0 Å². The van der Waals surface area contributed by atoms with Gasteiger partial charge < -0.3 is 9.73 Å². The van der Waals surface area contributed by atoms with Gasteiger partial charge >= 0.3 is 0 Å². The Balaban J connectivity index is 1.50. The highest BCUT2D eigenvalue weighted by Crippen LogP contribution is 2.25. The van der Waals surface area contributed by atoms with Crippen LogP contribution in [0, 0.1) is 0 Å². The molecule has 1 aliphatic rings. The standard InChI is InChI=1S/C21H21N3O4S/c25-21(19-20(28-15-22-19)16-7-3-1-4-8-16)23-17-9-11-18(12-10-17)29(26,27)24-13-5-2-6-14-24/h1,3-4,7-12,15H,2,5-6,13-14H2,(H,23,25). The summed E-state index contributed by atoms with van der Waals surface area (Å²) in [6.07, 6.45) is 4.05. The highest BCUT2D eigenvalue weighted by Gasteiger charge is 2.26. The van der Waals surface area contributed by atoms with Crippen LogP contribution >= 0.6 is 0 Å². The van der Waals surface area contributed by atoms with Crippen LogP contribution in [0.2, 0.25) is 0 Å². The van der Waals surface area contributed by atoms with Gasteiger partial charge in [-0.05, 0) is 37.1 Å². The smallest absolute Gasteiger partial charge is 0.278 e. The lowest BCUT2D eigenvalue weighted by molar-refractivity contribution is 0.102. The van der Waals surface area contributed by atoms with Crippen LogP contribution in [0.25, 0.3) is 11.3 Å². The SMILES string of the molecule is O=C(Nc1ccc(S(=O)(=O)N2CCCCC2)cc1)c1ncoc1-c1ccccc1. The minimum Gasteiger partial charge on any atom is -0.443 e. The van der Waals surface area contributed by atoms with Gasteiger partial charge in [-0.25, -0.2) is 13.4 Å². The van der Waals surface area contributed by atoms with Crippen molar-refractivity contribution in [2.24, 2.45) is 0 Å². The Morgan fingerprint density at radius 3 is 2.34 bits per heavy atom. The van der Waals surface area contributed by atoms with E-state index in [2.05, 4.69) is 10.3 Å². The van der Waals surface area contributed by atoms with E-state index in [0.29, 0.717) is 24.5 Å². The maximum Gasteiger partial charge on any atom is 0.278 e. The summed E-state index contributed by atoms with van der Waals surface area (Å²) in [5.74, 6) is -0.0448. The van der Waals surface area contributed by atoms with Crippen LogP contribution in [-0.2, 0) is 10.0 Å². The molecule has 1 aliphatic heterocycles. The molecule has 8 heteroatoms. The van der Waals surface area contributed by atoms with Gasteiger partial charge in [-0.2, -0.15) is 4.31 Å². The predicted octanol–water partition coefficient (Wildman–Crippen LogP) is 3.77. The molecule has 1 fully saturated rings. The minimum absolute atomic E-state index is 0.168. The molecule has 150 valence electrons. The minimum atomic E-state index is -3.50. The van der Waals surface area contributed by atoms with E-state index in [1.807, 2.05) is 30.3 Å². The van der Waals surface area contributed by atoms with Crippen molar-refractivity contribution in [3.05, 3.63) is 66.7 Å². The molecule has 1 saturated heterocycles. The largest absolute Gasteiger partial charge is 0.443 e. The number of carbonyl (C=O) groups excluding carboxylic acids is 1. The van der Waals surface area contributed by atoms with E-state index in [4.69, 9.17) is 4.42 Å². The molecule has 0 unspecified atom stereocenters. The summed E-state index contributed by atoms with van der Waals surface area (Å²) in [5, 5.41) is 2.74. The van der Waals surface area contributed by atoms with Gasteiger partial charge in [-0.3, -0.25) is 4.79 Å². The van der Waals surface area contributed by atoms with E-state index in [-0.39, 0.29) is 10.6 Å². The second-order valence-electron chi connectivity index (χ2n) is 6.84. The van der Waals surface area contributed by atoms with E-state index < -0.39 is 15.9 Å². The molecule has 7 nitrogen and oxygen atoms in total. The van der Waals surface area contributed by atoms with Gasteiger partial charge in [0.05, 0.1) is 4.90 Å². The fraction of sp³-hybridized carbons (Fsp3) is 0.238. The van der Waals surface area contributed by atoms with Crippen LogP contribution in [0.15, 0.2) is 70.3 Å². The molecule has 0 radical (unpaired) electrons. The molecule has 0 saturated carbocycles. The first-order valence-electron chi connectivity index (χ1n) is 9.46. The third-order valence-corrected chi connectivity index (χ3v) is 6.80. The third kappa shape index (κ3) is 4.08. The second kappa shape index (κ2) is 8.18. The molecule has 1 amide bonds. The first kappa shape index (κ1) is 19.4. The molecule has 29 heavy (non-hydrogen) atoms. The quantitative estimate of drug-likeness (QED) is 0.690. The molecule has 2 aromatic carbocycles. The van der Waals surface area contributed by atoms with Crippen LogP contribution in [0.1, 0.15) is 29.8 Å². The molecule has 0 bridgehead atoms. The van der Waals surface area contributed by atoms with Gasteiger partial charge in [0.1, 0.15) is 0 Å². The molecule has 0 aliphatic carbocycles. The highest BCUT2D eigenvalue weighted by molar-refractivity contribution is 7.89. The first-order valence-corrected chi connectivity index (χ1v) is 10.9. The summed E-state index contributed by atoms with van der Waals surface area (Å²) < 4.78 is 32.4. The van der Waals surface area contributed by atoms with E-state index in [0.717, 1.165) is 24.8 Å². The van der Waals surface area contributed by atoms with Gasteiger partial charge in [-0.1, -0.05) is 36.8 Å². The Morgan fingerprint density at radius 2 is 1.66 bits per heavy atom. The summed E-state index contributed by atoms with van der Waals surface area (Å²) in [4.78, 5) is 16.9. The number of nitrogens with zero attached hydrogens (tertiary/aromatic N) is 2. The average molecular weight is 411 g/mol. The van der Waals surface area contributed by atoms with Crippen molar-refractivity contribution in [1.29, 1.82) is 0 Å². The molecule has 1 aromatic heterocycles. The van der Waals surface area contributed by atoms with E-state index in [1.165, 1.54) is 22.8 Å². The number of oxazole rings is 1. The van der Waals surface area contributed by atoms with Crippen molar-refractivity contribution in [3.63, 3.8) is 0 Å². The van der Waals surface area contributed by atoms with Crippen molar-refractivity contribution in [2.75, 3.05) is 18.4 Å². The molecule has 2 heterocycles. The summed E-state index contributed by atoms with van der Waals surface area (Å²) in [6, 6.07) is 15.4. The predicted molar refractivity (Wildman–Crippen MR) is 109 cm³/mol. The zero-order valence-electron chi connectivity index (χ0n) is 15.7. The van der Waals surface area contributed by atoms with Crippen LogP contribution in [-0.4, -0.2) is 36.7 Å². The summed E-state index contributed by atoms with van der Waals surface area (Å²) in [5.41, 5.74) is 1.40. The van der Waals surface area contributed by atoms with Crippen molar-refractivity contribution >= 4 is 21.6 Å². The van der Waals surface area contributed by atoms with E-state index >= 15 is 0 Å². The zero-order valence-corrected chi connectivity index (χ0v) is 16.6. The van der Waals surface area contributed by atoms with Crippen LogP contribution in [0.4, 0.5) is 5.69 Å². The number of amides is 1. The van der Waals surface area contributed by atoms with Crippen molar-refractivity contribution in [2.45, 2.75) is 24.2 Å². The molecule has 4 rings (SSSR count). The number of rotatable bonds is 5. The maximum atomic E-state index is 12.7. The first-order chi connectivity index (χ1) is 14.1. The van der Waals surface area contributed by atoms with Gasteiger partial charge in [-0.15, -0.1) is 0 Å². The molecular formula is C21H21N3O4S. The number of hydrogen-bond acceptors (Lipinski definition) is 5. The molecule has 0 spiro atoms. The van der Waals surface area contributed by atoms with Crippen LogP contribution in [0.5, 0.6) is 0 Å². The number of carbonyl (C=O) groups is 1. The molecule has 1 N–H and O–H groups in total. The zero-order chi connectivity index (χ0) is 20.3. The van der Waals surface area contributed by atoms with Gasteiger partial charge in [0.15, 0.2) is 17.8 Å². The normalized spacial score (nSPS) is 15.2. The van der Waals surface area contributed by atoms with Crippen molar-refractivity contribution in [3.8, 4) is 11.3 Å². The number of aromatic nitrogens is 1. The molecular weight excluding hydrogens is 390 g/mol. The second-order valence-corrected chi connectivity index (χ2v) is 8.78. The van der Waals surface area contributed by atoms with Crippen molar-refractivity contribution < 1.29 is 17.6 Å². The monoisotopic (exact) mass is 411 g/mol. The summed E-state index contributed by atoms with van der Waals surface area (Å²) in [6.45, 7) is 1.10. The van der Waals surface area contributed by atoms with E-state index in [9.17, 15) is 13.2 Å². The molecule has 3 aromatic rings. The number of piperidine rings is 1. The van der Waals surface area contributed by atoms with Gasteiger partial charge in [0.25, 0.3) is 5.91 Å².